The molecule has 0 amide bonds. The van der Waals surface area contributed by atoms with E-state index in [1.54, 1.807) is 18.2 Å². The van der Waals surface area contributed by atoms with Gasteiger partial charge in [0.05, 0.1) is 16.3 Å². The molecule has 0 N–H and O–H groups in total. The molecule has 2 aromatic rings. The molecule has 8 heteroatoms. The van der Waals surface area contributed by atoms with Gasteiger partial charge >= 0.3 is 5.97 Å². The van der Waals surface area contributed by atoms with E-state index >= 15 is 0 Å². The third kappa shape index (κ3) is 3.18. The van der Waals surface area contributed by atoms with E-state index in [0.717, 1.165) is 5.56 Å². The Morgan fingerprint density at radius 3 is 2.80 bits per heavy atom. The van der Waals surface area contributed by atoms with E-state index in [1.807, 2.05) is 12.1 Å². The molecule has 3 rings (SSSR count). The minimum absolute atomic E-state index is 0.0150. The number of fused-ring (bicyclic) bond motifs is 1. The first-order valence-corrected chi connectivity index (χ1v) is 9.21. The van der Waals surface area contributed by atoms with Crippen LogP contribution >= 0.6 is 11.6 Å². The molecule has 0 unspecified atom stereocenters. The SMILES string of the molecule is N#CCOC(=O)c1ccc(Cl)c(S(=O)(=O)N2CCc3ccccc32)c1. The fourth-order valence-corrected chi connectivity index (χ4v) is 4.69. The van der Waals surface area contributed by atoms with Crippen molar-refractivity contribution < 1.29 is 17.9 Å². The number of hydrogen-bond donors (Lipinski definition) is 0. The number of nitriles is 1. The van der Waals surface area contributed by atoms with E-state index in [-0.39, 0.29) is 15.5 Å². The van der Waals surface area contributed by atoms with Crippen LogP contribution in [0.3, 0.4) is 0 Å². The minimum Gasteiger partial charge on any atom is -0.447 e. The lowest BCUT2D eigenvalue weighted by molar-refractivity contribution is 0.0554. The first-order chi connectivity index (χ1) is 11.9. The Labute approximate surface area is 150 Å². The van der Waals surface area contributed by atoms with Crippen molar-refractivity contribution in [1.82, 2.24) is 0 Å². The summed E-state index contributed by atoms with van der Waals surface area (Å²) in [5.41, 5.74) is 1.56. The van der Waals surface area contributed by atoms with Crippen molar-refractivity contribution in [2.24, 2.45) is 0 Å². The highest BCUT2D eigenvalue weighted by molar-refractivity contribution is 7.93. The Balaban J connectivity index is 2.01. The summed E-state index contributed by atoms with van der Waals surface area (Å²) in [5, 5.41) is 8.49. The zero-order valence-corrected chi connectivity index (χ0v) is 14.5. The van der Waals surface area contributed by atoms with Crippen LogP contribution in [0.1, 0.15) is 15.9 Å². The molecule has 1 aliphatic heterocycles. The highest BCUT2D eigenvalue weighted by Crippen LogP contribution is 2.35. The second-order valence-electron chi connectivity index (χ2n) is 5.34. The fraction of sp³-hybridized carbons (Fsp3) is 0.176. The number of sulfonamides is 1. The molecular weight excluding hydrogens is 364 g/mol. The van der Waals surface area contributed by atoms with Gasteiger partial charge in [-0.1, -0.05) is 29.8 Å². The Morgan fingerprint density at radius 1 is 1.28 bits per heavy atom. The molecule has 0 spiro atoms. The van der Waals surface area contributed by atoms with Gasteiger partial charge in [-0.3, -0.25) is 4.31 Å². The van der Waals surface area contributed by atoms with Crippen LogP contribution in [0.5, 0.6) is 0 Å². The maximum absolute atomic E-state index is 13.0. The van der Waals surface area contributed by atoms with E-state index in [2.05, 4.69) is 0 Å². The molecule has 128 valence electrons. The van der Waals surface area contributed by atoms with Crippen molar-refractivity contribution in [1.29, 1.82) is 5.26 Å². The molecule has 1 aliphatic rings. The Hall–Kier alpha value is -2.56. The van der Waals surface area contributed by atoms with Crippen LogP contribution in [-0.4, -0.2) is 27.5 Å². The summed E-state index contributed by atoms with van der Waals surface area (Å²) >= 11 is 6.08. The normalized spacial score (nSPS) is 13.2. The van der Waals surface area contributed by atoms with E-state index in [9.17, 15) is 13.2 Å². The smallest absolute Gasteiger partial charge is 0.339 e. The average Bonchev–Trinajstić information content (AvgIpc) is 3.04. The van der Waals surface area contributed by atoms with Gasteiger partial charge in [-0.2, -0.15) is 5.26 Å². The van der Waals surface area contributed by atoms with Crippen LogP contribution in [0, 0.1) is 11.3 Å². The monoisotopic (exact) mass is 376 g/mol. The van der Waals surface area contributed by atoms with Gasteiger partial charge in [-0.25, -0.2) is 13.2 Å². The van der Waals surface area contributed by atoms with E-state index in [4.69, 9.17) is 21.6 Å². The molecule has 1 heterocycles. The molecular formula is C17H13ClN2O4S. The fourth-order valence-electron chi connectivity index (χ4n) is 2.69. The van der Waals surface area contributed by atoms with Crippen LogP contribution in [0.2, 0.25) is 5.02 Å². The van der Waals surface area contributed by atoms with Crippen LogP contribution in [-0.2, 0) is 21.2 Å². The van der Waals surface area contributed by atoms with E-state index in [1.165, 1.54) is 22.5 Å². The van der Waals surface area contributed by atoms with E-state index in [0.29, 0.717) is 18.7 Å². The number of hydrogen-bond acceptors (Lipinski definition) is 5. The molecule has 0 fully saturated rings. The molecule has 25 heavy (non-hydrogen) atoms. The molecule has 0 saturated carbocycles. The van der Waals surface area contributed by atoms with Crippen molar-refractivity contribution >= 4 is 33.3 Å². The largest absolute Gasteiger partial charge is 0.447 e. The third-order valence-electron chi connectivity index (χ3n) is 3.85. The molecule has 0 saturated heterocycles. The molecule has 0 aliphatic carbocycles. The van der Waals surface area contributed by atoms with Gasteiger partial charge in [-0.05, 0) is 36.2 Å². The second kappa shape index (κ2) is 6.75. The van der Waals surface area contributed by atoms with Crippen LogP contribution in [0.15, 0.2) is 47.4 Å². The summed E-state index contributed by atoms with van der Waals surface area (Å²) in [5.74, 6) is -0.781. The number of halogens is 1. The maximum atomic E-state index is 13.0. The summed E-state index contributed by atoms with van der Waals surface area (Å²) in [6, 6.07) is 12.8. The van der Waals surface area contributed by atoms with Crippen molar-refractivity contribution in [3.63, 3.8) is 0 Å². The van der Waals surface area contributed by atoms with Crippen molar-refractivity contribution in [2.75, 3.05) is 17.5 Å². The summed E-state index contributed by atoms with van der Waals surface area (Å²) in [6.07, 6.45) is 0.608. The molecule has 6 nitrogen and oxygen atoms in total. The van der Waals surface area contributed by atoms with Gasteiger partial charge in [0.25, 0.3) is 10.0 Å². The van der Waals surface area contributed by atoms with Gasteiger partial charge < -0.3 is 4.74 Å². The van der Waals surface area contributed by atoms with Crippen molar-refractivity contribution in [2.45, 2.75) is 11.3 Å². The zero-order valence-electron chi connectivity index (χ0n) is 13.0. The van der Waals surface area contributed by atoms with Gasteiger partial charge in [0, 0.05) is 6.54 Å². The second-order valence-corrected chi connectivity index (χ2v) is 7.57. The molecule has 0 bridgehead atoms. The van der Waals surface area contributed by atoms with Crippen molar-refractivity contribution in [3.05, 3.63) is 58.6 Å². The number of anilines is 1. The topological polar surface area (TPSA) is 87.5 Å². The summed E-state index contributed by atoms with van der Waals surface area (Å²) < 4.78 is 32.1. The van der Waals surface area contributed by atoms with Gasteiger partial charge in [0.2, 0.25) is 0 Å². The lowest BCUT2D eigenvalue weighted by Gasteiger charge is -2.20. The van der Waals surface area contributed by atoms with Gasteiger partial charge in [0.15, 0.2) is 6.61 Å². The minimum atomic E-state index is -3.93. The molecule has 0 atom stereocenters. The standard InChI is InChI=1S/C17H13ClN2O4S/c18-14-6-5-13(17(21)24-10-8-19)11-16(14)25(22,23)20-9-7-12-3-1-2-4-15(12)20/h1-6,11H,7,9-10H2. The lowest BCUT2D eigenvalue weighted by Crippen LogP contribution is -2.29. The molecule has 0 radical (unpaired) electrons. The van der Waals surface area contributed by atoms with Crippen LogP contribution in [0.25, 0.3) is 0 Å². The number of para-hydroxylation sites is 1. The highest BCUT2D eigenvalue weighted by Gasteiger charge is 2.32. The number of benzene rings is 2. The maximum Gasteiger partial charge on any atom is 0.339 e. The van der Waals surface area contributed by atoms with Crippen LogP contribution < -0.4 is 4.31 Å². The van der Waals surface area contributed by atoms with Gasteiger partial charge in [-0.15, -0.1) is 0 Å². The first kappa shape index (κ1) is 17.3. The number of carbonyl (C=O) groups is 1. The van der Waals surface area contributed by atoms with Crippen molar-refractivity contribution in [3.8, 4) is 6.07 Å². The summed E-state index contributed by atoms with van der Waals surface area (Å²) in [4.78, 5) is 11.7. The van der Waals surface area contributed by atoms with Crippen LogP contribution in [0.4, 0.5) is 5.69 Å². The predicted molar refractivity (Wildman–Crippen MR) is 92.0 cm³/mol. The molecule has 0 aromatic heterocycles. The zero-order chi connectivity index (χ0) is 18.0. The lowest BCUT2D eigenvalue weighted by atomic mass is 10.2. The summed E-state index contributed by atoms with van der Waals surface area (Å²) in [6.45, 7) is -0.107. The Kier molecular flexibility index (Phi) is 4.66. The number of esters is 1. The predicted octanol–water partition coefficient (Wildman–Crippen LogP) is 2.77. The number of rotatable bonds is 4. The highest BCUT2D eigenvalue weighted by atomic mass is 35.5. The Morgan fingerprint density at radius 2 is 2.04 bits per heavy atom. The number of nitrogens with zero attached hydrogens (tertiary/aromatic N) is 2. The quantitative estimate of drug-likeness (QED) is 0.765. The number of ether oxygens (including phenoxy) is 1. The molecule has 2 aromatic carbocycles. The van der Waals surface area contributed by atoms with Gasteiger partial charge in [0.1, 0.15) is 11.0 Å². The Bertz CT molecular complexity index is 982. The summed E-state index contributed by atoms with van der Waals surface area (Å²) in [7, 11) is -3.93. The van der Waals surface area contributed by atoms with E-state index < -0.39 is 22.6 Å². The first-order valence-electron chi connectivity index (χ1n) is 7.39. The number of carbonyl (C=O) groups excluding carboxylic acids is 1. The third-order valence-corrected chi connectivity index (χ3v) is 6.14. The average molecular weight is 377 g/mol.